The van der Waals surface area contributed by atoms with Crippen molar-refractivity contribution in [1.82, 2.24) is 14.7 Å². The largest absolute Gasteiger partial charge is 0.476 e. The van der Waals surface area contributed by atoms with Crippen LogP contribution in [0, 0.1) is 0 Å². The van der Waals surface area contributed by atoms with Crippen molar-refractivity contribution in [1.29, 1.82) is 0 Å². The number of hydrogen-bond donors (Lipinski definition) is 1. The van der Waals surface area contributed by atoms with Crippen molar-refractivity contribution in [2.24, 2.45) is 0 Å². The van der Waals surface area contributed by atoms with Crippen LogP contribution in [0.15, 0.2) is 24.3 Å². The lowest BCUT2D eigenvalue weighted by molar-refractivity contribution is -0.128. The summed E-state index contributed by atoms with van der Waals surface area (Å²) in [4.78, 5) is 24.2. The molecule has 1 amide bonds. The molecule has 1 aromatic heterocycles. The van der Waals surface area contributed by atoms with Crippen LogP contribution in [0.1, 0.15) is 23.3 Å². The highest BCUT2D eigenvalue weighted by atomic mass is 16.4. The van der Waals surface area contributed by atoms with Crippen LogP contribution >= 0.6 is 0 Å². The van der Waals surface area contributed by atoms with Crippen LogP contribution in [0.3, 0.4) is 0 Å². The lowest BCUT2D eigenvalue weighted by Crippen LogP contribution is -2.21. The Bertz CT molecular complexity index is 646. The molecule has 1 aromatic carbocycles. The highest BCUT2D eigenvalue weighted by Gasteiger charge is 2.15. The minimum absolute atomic E-state index is 0.0551. The van der Waals surface area contributed by atoms with E-state index in [1.807, 2.05) is 12.1 Å². The van der Waals surface area contributed by atoms with Crippen molar-refractivity contribution < 1.29 is 14.7 Å². The van der Waals surface area contributed by atoms with Gasteiger partial charge in [-0.15, -0.1) is 0 Å². The third-order valence-electron chi connectivity index (χ3n) is 3.12. The molecule has 1 N–H and O–H groups in total. The summed E-state index contributed by atoms with van der Waals surface area (Å²) in [5.74, 6) is -0.982. The molecule has 0 aliphatic carbocycles. The average molecular weight is 275 g/mol. The standard InChI is InChI=1S/C14H17N3O3/c1-16(2)12(18)8-5-9-17-11-7-4-3-6-10(11)13(15-17)14(19)20/h3-4,6-7H,5,8-9H2,1-2H3,(H,19,20). The van der Waals surface area contributed by atoms with Gasteiger partial charge in [-0.25, -0.2) is 4.79 Å². The van der Waals surface area contributed by atoms with Gasteiger partial charge in [0.05, 0.1) is 5.52 Å². The number of hydrogen-bond acceptors (Lipinski definition) is 3. The van der Waals surface area contributed by atoms with Gasteiger partial charge >= 0.3 is 5.97 Å². The van der Waals surface area contributed by atoms with E-state index in [4.69, 9.17) is 5.11 Å². The second kappa shape index (κ2) is 5.73. The first-order valence-corrected chi connectivity index (χ1v) is 6.39. The third-order valence-corrected chi connectivity index (χ3v) is 3.12. The molecule has 1 heterocycles. The number of aryl methyl sites for hydroxylation is 1. The smallest absolute Gasteiger partial charge is 0.357 e. The summed E-state index contributed by atoms with van der Waals surface area (Å²) >= 11 is 0. The van der Waals surface area contributed by atoms with Crippen molar-refractivity contribution >= 4 is 22.8 Å². The van der Waals surface area contributed by atoms with Crippen LogP contribution in [0.2, 0.25) is 0 Å². The number of aromatic nitrogens is 2. The molecule has 0 aliphatic rings. The van der Waals surface area contributed by atoms with Gasteiger partial charge in [-0.1, -0.05) is 18.2 Å². The van der Waals surface area contributed by atoms with Gasteiger partial charge in [0.15, 0.2) is 5.69 Å². The van der Waals surface area contributed by atoms with E-state index in [2.05, 4.69) is 5.10 Å². The second-order valence-corrected chi connectivity index (χ2v) is 4.79. The third kappa shape index (κ3) is 2.79. The molecule has 0 unspecified atom stereocenters. The highest BCUT2D eigenvalue weighted by molar-refractivity contribution is 6.01. The zero-order valence-corrected chi connectivity index (χ0v) is 11.5. The van der Waals surface area contributed by atoms with E-state index < -0.39 is 5.97 Å². The Kier molecular flexibility index (Phi) is 4.02. The van der Waals surface area contributed by atoms with Crippen LogP contribution in [-0.2, 0) is 11.3 Å². The van der Waals surface area contributed by atoms with Crippen LogP contribution < -0.4 is 0 Å². The number of carboxylic acid groups (broad SMARTS) is 1. The van der Waals surface area contributed by atoms with E-state index in [-0.39, 0.29) is 11.6 Å². The molecule has 20 heavy (non-hydrogen) atoms. The van der Waals surface area contributed by atoms with Crippen LogP contribution in [0.4, 0.5) is 0 Å². The first-order valence-electron chi connectivity index (χ1n) is 6.39. The fourth-order valence-corrected chi connectivity index (χ4v) is 2.06. The number of carboxylic acids is 1. The van der Waals surface area contributed by atoms with Gasteiger partial charge in [0.1, 0.15) is 0 Å². The topological polar surface area (TPSA) is 75.4 Å². The molecule has 106 valence electrons. The molecule has 2 rings (SSSR count). The number of benzene rings is 1. The summed E-state index contributed by atoms with van der Waals surface area (Å²) in [6.45, 7) is 0.521. The zero-order valence-electron chi connectivity index (χ0n) is 11.5. The number of carbonyl (C=O) groups is 2. The molecule has 0 atom stereocenters. The number of nitrogens with zero attached hydrogens (tertiary/aromatic N) is 3. The Balaban J connectivity index is 2.18. The lowest BCUT2D eigenvalue weighted by Gasteiger charge is -2.09. The fourth-order valence-electron chi connectivity index (χ4n) is 2.06. The van der Waals surface area contributed by atoms with Crippen molar-refractivity contribution in [3.63, 3.8) is 0 Å². The molecule has 0 saturated heterocycles. The van der Waals surface area contributed by atoms with E-state index in [0.29, 0.717) is 24.8 Å². The predicted molar refractivity (Wildman–Crippen MR) is 74.6 cm³/mol. The Labute approximate surface area is 116 Å². The monoisotopic (exact) mass is 275 g/mol. The van der Waals surface area contributed by atoms with Gasteiger partial charge in [-0.2, -0.15) is 5.10 Å². The van der Waals surface area contributed by atoms with Gasteiger partial charge in [-0.05, 0) is 12.5 Å². The van der Waals surface area contributed by atoms with Crippen molar-refractivity contribution in [2.75, 3.05) is 14.1 Å². The highest BCUT2D eigenvalue weighted by Crippen LogP contribution is 2.18. The summed E-state index contributed by atoms with van der Waals surface area (Å²) in [6.07, 6.45) is 1.05. The molecule has 0 saturated carbocycles. The SMILES string of the molecule is CN(C)C(=O)CCCn1nc(C(=O)O)c2ccccc21. The Morgan fingerprint density at radius 2 is 2.00 bits per heavy atom. The van der Waals surface area contributed by atoms with Crippen LogP contribution in [0.5, 0.6) is 0 Å². The minimum atomic E-state index is -1.04. The number of para-hydroxylation sites is 1. The number of aromatic carboxylic acids is 1. The van der Waals surface area contributed by atoms with E-state index in [0.717, 1.165) is 5.52 Å². The van der Waals surface area contributed by atoms with Gasteiger partial charge in [0.25, 0.3) is 0 Å². The van der Waals surface area contributed by atoms with Crippen molar-refractivity contribution in [3.8, 4) is 0 Å². The number of amides is 1. The minimum Gasteiger partial charge on any atom is -0.476 e. The fraction of sp³-hybridized carbons (Fsp3) is 0.357. The number of rotatable bonds is 5. The first kappa shape index (κ1) is 14.0. The molecule has 0 bridgehead atoms. The van der Waals surface area contributed by atoms with E-state index in [1.54, 1.807) is 35.8 Å². The maximum atomic E-state index is 11.5. The molecule has 0 fully saturated rings. The maximum Gasteiger partial charge on any atom is 0.357 e. The Hall–Kier alpha value is -2.37. The Morgan fingerprint density at radius 3 is 2.65 bits per heavy atom. The molecule has 0 radical (unpaired) electrons. The van der Waals surface area contributed by atoms with Gasteiger partial charge in [-0.3, -0.25) is 9.48 Å². The number of fused-ring (bicyclic) bond motifs is 1. The molecular formula is C14H17N3O3. The van der Waals surface area contributed by atoms with E-state index >= 15 is 0 Å². The summed E-state index contributed by atoms with van der Waals surface area (Å²) in [7, 11) is 3.43. The van der Waals surface area contributed by atoms with Crippen molar-refractivity contribution in [2.45, 2.75) is 19.4 Å². The number of carbonyl (C=O) groups excluding carboxylic acids is 1. The average Bonchev–Trinajstić information content (AvgIpc) is 2.78. The predicted octanol–water partition coefficient (Wildman–Crippen LogP) is 1.60. The molecule has 0 aliphatic heterocycles. The molecule has 6 nitrogen and oxygen atoms in total. The Morgan fingerprint density at radius 1 is 1.30 bits per heavy atom. The van der Waals surface area contributed by atoms with Crippen molar-refractivity contribution in [3.05, 3.63) is 30.0 Å². The zero-order chi connectivity index (χ0) is 14.7. The molecule has 0 spiro atoms. The maximum absolute atomic E-state index is 11.5. The summed E-state index contributed by atoms with van der Waals surface area (Å²) < 4.78 is 1.65. The van der Waals surface area contributed by atoms with Gasteiger partial charge in [0.2, 0.25) is 5.91 Å². The quantitative estimate of drug-likeness (QED) is 0.899. The molecular weight excluding hydrogens is 258 g/mol. The second-order valence-electron chi connectivity index (χ2n) is 4.79. The van der Waals surface area contributed by atoms with E-state index in [1.165, 1.54) is 0 Å². The molecule has 2 aromatic rings. The summed E-state index contributed by atoms with van der Waals surface area (Å²) in [5, 5.41) is 13.9. The molecule has 6 heteroatoms. The lowest BCUT2D eigenvalue weighted by atomic mass is 10.2. The summed E-state index contributed by atoms with van der Waals surface area (Å²) in [5.41, 5.74) is 0.835. The van der Waals surface area contributed by atoms with E-state index in [9.17, 15) is 9.59 Å². The normalized spacial score (nSPS) is 10.7. The van der Waals surface area contributed by atoms with Crippen LogP contribution in [0.25, 0.3) is 10.9 Å². The van der Waals surface area contributed by atoms with Crippen LogP contribution in [-0.4, -0.2) is 45.8 Å². The van der Waals surface area contributed by atoms with Gasteiger partial charge in [0, 0.05) is 32.4 Å². The summed E-state index contributed by atoms with van der Waals surface area (Å²) in [6, 6.07) is 7.21. The first-order chi connectivity index (χ1) is 9.50. The van der Waals surface area contributed by atoms with Gasteiger partial charge < -0.3 is 10.0 Å².